The van der Waals surface area contributed by atoms with E-state index in [1.54, 1.807) is 11.3 Å². The van der Waals surface area contributed by atoms with Gasteiger partial charge < -0.3 is 15.0 Å². The number of benzene rings is 1. The van der Waals surface area contributed by atoms with E-state index < -0.39 is 0 Å². The lowest BCUT2D eigenvalue weighted by molar-refractivity contribution is 0.233. The van der Waals surface area contributed by atoms with Crippen molar-refractivity contribution in [3.8, 4) is 5.75 Å². The van der Waals surface area contributed by atoms with Gasteiger partial charge in [0.25, 0.3) is 0 Å². The molecule has 0 saturated carbocycles. The second-order valence-corrected chi connectivity index (χ2v) is 7.54. The van der Waals surface area contributed by atoms with Crippen LogP contribution < -0.4 is 15.0 Å². The smallest absolute Gasteiger partial charge is 0.324 e. The average Bonchev–Trinajstić information content (AvgIpc) is 3.20. The molecule has 2 aromatic rings. The lowest BCUT2D eigenvalue weighted by Crippen LogP contribution is -2.50. The molecule has 2 atom stereocenters. The summed E-state index contributed by atoms with van der Waals surface area (Å²) in [5.74, 6) is 0.940. The first-order valence-electron chi connectivity index (χ1n) is 8.04. The van der Waals surface area contributed by atoms with Crippen LogP contribution in [0.25, 0.3) is 10.2 Å². The third-order valence-corrected chi connectivity index (χ3v) is 6.09. The van der Waals surface area contributed by atoms with Crippen LogP contribution in [0.2, 0.25) is 0 Å². The number of carbonyl (C=O) groups excluding carboxylic acids is 1. The first-order valence-corrected chi connectivity index (χ1v) is 8.86. The van der Waals surface area contributed by atoms with E-state index in [0.29, 0.717) is 0 Å². The van der Waals surface area contributed by atoms with Crippen molar-refractivity contribution in [1.82, 2.24) is 15.2 Å². The summed E-state index contributed by atoms with van der Waals surface area (Å²) in [4.78, 5) is 21.5. The summed E-state index contributed by atoms with van der Waals surface area (Å²) in [5, 5.41) is 3.93. The monoisotopic (exact) mass is 330 g/mol. The van der Waals surface area contributed by atoms with Crippen LogP contribution in [0.1, 0.15) is 12.0 Å². The van der Waals surface area contributed by atoms with Crippen molar-refractivity contribution in [1.29, 1.82) is 0 Å². The molecule has 0 radical (unpaired) electrons. The number of likely N-dealkylation sites (N-methyl/N-ethyl adjacent to an activating group) is 1. The molecule has 4 heterocycles. The minimum Gasteiger partial charge on any atom is -0.493 e. The Morgan fingerprint density at radius 1 is 1.43 bits per heavy atom. The molecule has 0 unspecified atom stereocenters. The number of ether oxygens (including phenoxy) is 1. The Kier molecular flexibility index (Phi) is 2.84. The zero-order valence-electron chi connectivity index (χ0n) is 12.9. The van der Waals surface area contributed by atoms with E-state index in [-0.39, 0.29) is 18.1 Å². The van der Waals surface area contributed by atoms with E-state index >= 15 is 0 Å². The van der Waals surface area contributed by atoms with Crippen LogP contribution in [0.3, 0.4) is 0 Å². The molecule has 1 aromatic carbocycles. The largest absolute Gasteiger partial charge is 0.493 e. The highest BCUT2D eigenvalue weighted by molar-refractivity contribution is 7.22. The van der Waals surface area contributed by atoms with Gasteiger partial charge in [0.1, 0.15) is 5.75 Å². The number of piperidine rings is 1. The summed E-state index contributed by atoms with van der Waals surface area (Å²) in [6, 6.07) is 4.47. The number of hydrogen-bond donors (Lipinski definition) is 1. The van der Waals surface area contributed by atoms with Gasteiger partial charge in [0.2, 0.25) is 0 Å². The van der Waals surface area contributed by atoms with Crippen LogP contribution in [0.15, 0.2) is 12.1 Å². The Labute approximate surface area is 138 Å². The molecule has 5 rings (SSSR count). The fourth-order valence-corrected chi connectivity index (χ4v) is 4.94. The van der Waals surface area contributed by atoms with Crippen molar-refractivity contribution in [3.05, 3.63) is 17.7 Å². The fraction of sp³-hybridized carbons (Fsp3) is 0.500. The number of urea groups is 1. The summed E-state index contributed by atoms with van der Waals surface area (Å²) in [5.41, 5.74) is 2.18. The maximum absolute atomic E-state index is 12.5. The number of hydrogen-bond acceptors (Lipinski definition) is 5. The molecule has 2 saturated heterocycles. The lowest BCUT2D eigenvalue weighted by Gasteiger charge is -2.34. The summed E-state index contributed by atoms with van der Waals surface area (Å²) in [6.45, 7) is 2.64. The van der Waals surface area contributed by atoms with E-state index in [0.717, 1.165) is 53.6 Å². The summed E-state index contributed by atoms with van der Waals surface area (Å²) >= 11 is 1.60. The van der Waals surface area contributed by atoms with Crippen LogP contribution in [0.5, 0.6) is 5.75 Å². The zero-order chi connectivity index (χ0) is 15.6. The quantitative estimate of drug-likeness (QED) is 0.867. The van der Waals surface area contributed by atoms with Gasteiger partial charge in [-0.15, -0.1) is 0 Å². The fourth-order valence-electron chi connectivity index (χ4n) is 3.89. The average molecular weight is 330 g/mol. The number of rotatable bonds is 1. The number of aromatic nitrogens is 1. The van der Waals surface area contributed by atoms with Crippen molar-refractivity contribution in [2.24, 2.45) is 0 Å². The summed E-state index contributed by atoms with van der Waals surface area (Å²) in [6.07, 6.45) is 1.90. The number of carbonyl (C=O) groups is 1. The highest BCUT2D eigenvalue weighted by Crippen LogP contribution is 2.39. The first kappa shape index (κ1) is 13.6. The van der Waals surface area contributed by atoms with Gasteiger partial charge >= 0.3 is 6.03 Å². The van der Waals surface area contributed by atoms with E-state index in [1.807, 2.05) is 11.0 Å². The van der Waals surface area contributed by atoms with E-state index in [2.05, 4.69) is 23.3 Å². The Bertz CT molecular complexity index is 805. The number of amides is 2. The summed E-state index contributed by atoms with van der Waals surface area (Å²) < 4.78 is 6.76. The van der Waals surface area contributed by atoms with Crippen molar-refractivity contribution < 1.29 is 9.53 Å². The molecule has 0 bridgehead atoms. The minimum absolute atomic E-state index is 0.0118. The third-order valence-electron chi connectivity index (χ3n) is 5.07. The molecule has 0 aliphatic carbocycles. The molecule has 1 aromatic heterocycles. The molecular formula is C16H18N4O2S. The van der Waals surface area contributed by atoms with Crippen molar-refractivity contribution in [2.75, 3.05) is 31.6 Å². The molecule has 3 aliphatic heterocycles. The molecule has 2 fully saturated rings. The normalized spacial score (nSPS) is 27.0. The molecule has 6 nitrogen and oxygen atoms in total. The molecule has 1 N–H and O–H groups in total. The van der Waals surface area contributed by atoms with Gasteiger partial charge in [0.05, 0.1) is 28.9 Å². The van der Waals surface area contributed by atoms with Gasteiger partial charge in [-0.1, -0.05) is 11.3 Å². The summed E-state index contributed by atoms with van der Waals surface area (Å²) in [7, 11) is 2.11. The Balaban J connectivity index is 1.58. The maximum Gasteiger partial charge on any atom is 0.324 e. The topological polar surface area (TPSA) is 57.7 Å². The molecule has 2 amide bonds. The van der Waals surface area contributed by atoms with Crippen molar-refractivity contribution in [3.63, 3.8) is 0 Å². The lowest BCUT2D eigenvalue weighted by atomic mass is 10.0. The Morgan fingerprint density at radius 3 is 3.26 bits per heavy atom. The standard InChI is InChI=1S/C16H18N4O2S/c1-19-6-4-10-11(8-19)20(15(21)17-10)16-18-14-9-5-7-22-12(9)2-3-13(14)23-16/h2-3,10-11H,4-8H2,1H3,(H,17,21)/t10-,11+/m1/s1. The highest BCUT2D eigenvalue weighted by atomic mass is 32.1. The SMILES string of the molecule is CN1CC[C@H]2NC(=O)N(c3nc4c5c(ccc4s3)OCC5)[C@H]2C1. The number of fused-ring (bicyclic) bond motifs is 4. The van der Waals surface area contributed by atoms with Gasteiger partial charge in [0, 0.05) is 18.5 Å². The number of thiazole rings is 1. The van der Waals surface area contributed by atoms with Gasteiger partial charge in [0.15, 0.2) is 5.13 Å². The van der Waals surface area contributed by atoms with Crippen molar-refractivity contribution in [2.45, 2.75) is 24.9 Å². The molecule has 3 aliphatic rings. The van der Waals surface area contributed by atoms with Crippen LogP contribution in [0.4, 0.5) is 9.93 Å². The number of likely N-dealkylation sites (tertiary alicyclic amines) is 1. The van der Waals surface area contributed by atoms with Crippen LogP contribution in [-0.2, 0) is 6.42 Å². The van der Waals surface area contributed by atoms with Crippen molar-refractivity contribution >= 4 is 32.7 Å². The Hall–Kier alpha value is -1.86. The molecular weight excluding hydrogens is 312 g/mol. The van der Waals surface area contributed by atoms with Gasteiger partial charge in [-0.3, -0.25) is 4.90 Å². The maximum atomic E-state index is 12.5. The highest BCUT2D eigenvalue weighted by Gasteiger charge is 2.44. The van der Waals surface area contributed by atoms with Crippen LogP contribution in [0, 0.1) is 0 Å². The van der Waals surface area contributed by atoms with Gasteiger partial charge in [-0.2, -0.15) is 0 Å². The second kappa shape index (κ2) is 4.82. The predicted molar refractivity (Wildman–Crippen MR) is 89.5 cm³/mol. The molecule has 0 spiro atoms. The molecule has 120 valence electrons. The number of nitrogens with zero attached hydrogens (tertiary/aromatic N) is 3. The second-order valence-electron chi connectivity index (χ2n) is 6.53. The van der Waals surface area contributed by atoms with Gasteiger partial charge in [-0.25, -0.2) is 9.78 Å². The molecule has 23 heavy (non-hydrogen) atoms. The van der Waals surface area contributed by atoms with Crippen LogP contribution >= 0.6 is 11.3 Å². The first-order chi connectivity index (χ1) is 11.2. The Morgan fingerprint density at radius 2 is 2.35 bits per heavy atom. The minimum atomic E-state index is -0.0118. The third kappa shape index (κ3) is 1.96. The van der Waals surface area contributed by atoms with Gasteiger partial charge in [-0.05, 0) is 32.1 Å². The molecule has 7 heteroatoms. The van der Waals surface area contributed by atoms with Crippen LogP contribution in [-0.4, -0.2) is 54.7 Å². The number of nitrogens with one attached hydrogen (secondary N) is 1. The number of anilines is 1. The predicted octanol–water partition coefficient (Wildman–Crippen LogP) is 1.83. The van der Waals surface area contributed by atoms with E-state index in [9.17, 15) is 4.79 Å². The van der Waals surface area contributed by atoms with E-state index in [4.69, 9.17) is 9.72 Å². The zero-order valence-corrected chi connectivity index (χ0v) is 13.7. The van der Waals surface area contributed by atoms with E-state index in [1.165, 1.54) is 5.56 Å².